The minimum atomic E-state index is 0.220. The van der Waals surface area contributed by atoms with Crippen LogP contribution in [0.3, 0.4) is 0 Å². The topological polar surface area (TPSA) is 34.1 Å². The Kier molecular flexibility index (Phi) is 4.72. The van der Waals surface area contributed by atoms with Gasteiger partial charge in [-0.25, -0.2) is 0 Å². The standard InChI is InChI=1S/C15H24N2O/c1-4-18-11(2)14(16-3)13-9-5-7-12-8-6-10-17-15(12)13/h6,8,10-11,13-14,16H,4-5,7,9H2,1-3H3. The van der Waals surface area contributed by atoms with Gasteiger partial charge in [-0.3, -0.25) is 4.98 Å². The van der Waals surface area contributed by atoms with Crippen LogP contribution < -0.4 is 5.32 Å². The molecule has 0 aliphatic heterocycles. The Morgan fingerprint density at radius 2 is 2.39 bits per heavy atom. The second kappa shape index (κ2) is 6.30. The van der Waals surface area contributed by atoms with Gasteiger partial charge in [0.25, 0.3) is 0 Å². The van der Waals surface area contributed by atoms with E-state index in [1.165, 1.54) is 30.5 Å². The number of nitrogens with zero attached hydrogens (tertiary/aromatic N) is 1. The summed E-state index contributed by atoms with van der Waals surface area (Å²) in [5, 5.41) is 3.43. The van der Waals surface area contributed by atoms with Gasteiger partial charge < -0.3 is 10.1 Å². The molecule has 100 valence electrons. The predicted octanol–water partition coefficient (Wildman–Crippen LogP) is 2.51. The van der Waals surface area contributed by atoms with Gasteiger partial charge in [0.05, 0.1) is 6.10 Å². The van der Waals surface area contributed by atoms with Crippen molar-refractivity contribution < 1.29 is 4.74 Å². The second-order valence-electron chi connectivity index (χ2n) is 5.02. The van der Waals surface area contributed by atoms with Crippen LogP contribution in [0.4, 0.5) is 0 Å². The highest BCUT2D eigenvalue weighted by Gasteiger charge is 2.31. The molecule has 2 rings (SSSR count). The van der Waals surface area contributed by atoms with Gasteiger partial charge in [0.15, 0.2) is 0 Å². The molecule has 1 N–H and O–H groups in total. The number of ether oxygens (including phenoxy) is 1. The van der Waals surface area contributed by atoms with Crippen LogP contribution in [0.2, 0.25) is 0 Å². The molecule has 18 heavy (non-hydrogen) atoms. The molecule has 3 unspecified atom stereocenters. The zero-order valence-electron chi connectivity index (χ0n) is 11.6. The minimum absolute atomic E-state index is 0.220. The van der Waals surface area contributed by atoms with E-state index in [1.807, 2.05) is 19.3 Å². The van der Waals surface area contributed by atoms with E-state index < -0.39 is 0 Å². The highest BCUT2D eigenvalue weighted by atomic mass is 16.5. The van der Waals surface area contributed by atoms with Crippen molar-refractivity contribution in [1.82, 2.24) is 10.3 Å². The van der Waals surface area contributed by atoms with E-state index >= 15 is 0 Å². The lowest BCUT2D eigenvalue weighted by Crippen LogP contribution is -2.43. The van der Waals surface area contributed by atoms with Crippen molar-refractivity contribution in [3.05, 3.63) is 29.6 Å². The fourth-order valence-electron chi connectivity index (χ4n) is 3.12. The van der Waals surface area contributed by atoms with Gasteiger partial charge in [-0.05, 0) is 51.8 Å². The lowest BCUT2D eigenvalue weighted by atomic mass is 9.80. The molecule has 0 radical (unpaired) electrons. The second-order valence-corrected chi connectivity index (χ2v) is 5.02. The predicted molar refractivity (Wildman–Crippen MR) is 73.9 cm³/mol. The number of aromatic nitrogens is 1. The van der Waals surface area contributed by atoms with Crippen molar-refractivity contribution in [1.29, 1.82) is 0 Å². The molecule has 1 heterocycles. The molecule has 0 fully saturated rings. The Morgan fingerprint density at radius 1 is 1.56 bits per heavy atom. The highest BCUT2D eigenvalue weighted by Crippen LogP contribution is 2.33. The molecular formula is C15H24N2O. The lowest BCUT2D eigenvalue weighted by molar-refractivity contribution is 0.0397. The average Bonchev–Trinajstić information content (AvgIpc) is 2.40. The summed E-state index contributed by atoms with van der Waals surface area (Å²) in [6.07, 6.45) is 5.75. The first kappa shape index (κ1) is 13.5. The normalized spacial score (nSPS) is 22.3. The summed E-state index contributed by atoms with van der Waals surface area (Å²) >= 11 is 0. The largest absolute Gasteiger partial charge is 0.377 e. The highest BCUT2D eigenvalue weighted by molar-refractivity contribution is 5.27. The van der Waals surface area contributed by atoms with Crippen LogP contribution in [0.15, 0.2) is 18.3 Å². The summed E-state index contributed by atoms with van der Waals surface area (Å²) < 4.78 is 5.77. The molecule has 0 aromatic carbocycles. The van der Waals surface area contributed by atoms with Crippen LogP contribution in [0, 0.1) is 0 Å². The van der Waals surface area contributed by atoms with Gasteiger partial charge in [0.2, 0.25) is 0 Å². The maximum Gasteiger partial charge on any atom is 0.0706 e. The van der Waals surface area contributed by atoms with Crippen molar-refractivity contribution in [2.24, 2.45) is 0 Å². The van der Waals surface area contributed by atoms with Gasteiger partial charge in [-0.15, -0.1) is 0 Å². The van der Waals surface area contributed by atoms with E-state index in [2.05, 4.69) is 30.2 Å². The minimum Gasteiger partial charge on any atom is -0.377 e. The summed E-state index contributed by atoms with van der Waals surface area (Å²) in [7, 11) is 2.03. The van der Waals surface area contributed by atoms with Gasteiger partial charge in [0, 0.05) is 30.5 Å². The zero-order valence-corrected chi connectivity index (χ0v) is 11.6. The number of nitrogens with one attached hydrogen (secondary N) is 1. The summed E-state index contributed by atoms with van der Waals surface area (Å²) in [5.74, 6) is 0.474. The van der Waals surface area contributed by atoms with Crippen molar-refractivity contribution in [3.8, 4) is 0 Å². The molecule has 0 saturated carbocycles. The number of hydrogen-bond acceptors (Lipinski definition) is 3. The molecular weight excluding hydrogens is 224 g/mol. The Bertz CT molecular complexity index is 381. The molecule has 0 saturated heterocycles. The van der Waals surface area contributed by atoms with E-state index in [0.717, 1.165) is 6.61 Å². The number of aryl methyl sites for hydroxylation is 1. The van der Waals surface area contributed by atoms with Gasteiger partial charge in [-0.2, -0.15) is 0 Å². The first-order valence-electron chi connectivity index (χ1n) is 7.00. The van der Waals surface area contributed by atoms with Crippen molar-refractivity contribution >= 4 is 0 Å². The van der Waals surface area contributed by atoms with E-state index in [0.29, 0.717) is 12.0 Å². The van der Waals surface area contributed by atoms with Gasteiger partial charge in [0.1, 0.15) is 0 Å². The third kappa shape index (κ3) is 2.73. The Morgan fingerprint density at radius 3 is 3.11 bits per heavy atom. The third-order valence-corrected chi connectivity index (χ3v) is 3.94. The summed E-state index contributed by atoms with van der Waals surface area (Å²) in [6, 6.07) is 4.60. The SMILES string of the molecule is CCOC(C)C(NC)C1CCCc2cccnc21. The summed E-state index contributed by atoms with van der Waals surface area (Å²) in [4.78, 5) is 4.62. The fraction of sp³-hybridized carbons (Fsp3) is 0.667. The fourth-order valence-corrected chi connectivity index (χ4v) is 3.12. The smallest absolute Gasteiger partial charge is 0.0706 e. The van der Waals surface area contributed by atoms with Crippen LogP contribution in [-0.4, -0.2) is 30.8 Å². The third-order valence-electron chi connectivity index (χ3n) is 3.94. The number of rotatable bonds is 5. The molecule has 0 amide bonds. The molecule has 1 aromatic rings. The quantitative estimate of drug-likeness (QED) is 0.869. The Hall–Kier alpha value is -0.930. The zero-order chi connectivity index (χ0) is 13.0. The molecule has 0 bridgehead atoms. The van der Waals surface area contributed by atoms with Crippen LogP contribution in [0.1, 0.15) is 43.9 Å². The first-order valence-corrected chi connectivity index (χ1v) is 7.00. The molecule has 1 aromatic heterocycles. The van der Waals surface area contributed by atoms with E-state index in [1.54, 1.807) is 0 Å². The van der Waals surface area contributed by atoms with Gasteiger partial charge >= 0.3 is 0 Å². The molecule has 3 heteroatoms. The van der Waals surface area contributed by atoms with E-state index in [9.17, 15) is 0 Å². The van der Waals surface area contributed by atoms with E-state index in [4.69, 9.17) is 4.74 Å². The average molecular weight is 248 g/mol. The van der Waals surface area contributed by atoms with Gasteiger partial charge in [-0.1, -0.05) is 6.07 Å². The molecule has 1 aliphatic carbocycles. The van der Waals surface area contributed by atoms with Crippen molar-refractivity contribution in [2.45, 2.75) is 51.2 Å². The van der Waals surface area contributed by atoms with Crippen LogP contribution in [0.5, 0.6) is 0 Å². The van der Waals surface area contributed by atoms with Crippen molar-refractivity contribution in [3.63, 3.8) is 0 Å². The number of hydrogen-bond donors (Lipinski definition) is 1. The van der Waals surface area contributed by atoms with Crippen LogP contribution >= 0.6 is 0 Å². The first-order chi connectivity index (χ1) is 8.77. The monoisotopic (exact) mass is 248 g/mol. The van der Waals surface area contributed by atoms with Crippen LogP contribution in [-0.2, 0) is 11.2 Å². The van der Waals surface area contributed by atoms with Crippen LogP contribution in [0.25, 0.3) is 0 Å². The number of pyridine rings is 1. The van der Waals surface area contributed by atoms with E-state index in [-0.39, 0.29) is 6.10 Å². The number of fused-ring (bicyclic) bond motifs is 1. The maximum atomic E-state index is 5.77. The summed E-state index contributed by atoms with van der Waals surface area (Å²) in [6.45, 7) is 4.97. The Labute approximate surface area is 110 Å². The number of likely N-dealkylation sites (N-methyl/N-ethyl adjacent to an activating group) is 1. The van der Waals surface area contributed by atoms with Crippen molar-refractivity contribution in [2.75, 3.05) is 13.7 Å². The lowest BCUT2D eigenvalue weighted by Gasteiger charge is -2.34. The summed E-state index contributed by atoms with van der Waals surface area (Å²) in [5.41, 5.74) is 2.69. The molecule has 3 nitrogen and oxygen atoms in total. The maximum absolute atomic E-state index is 5.77. The molecule has 1 aliphatic rings. The molecule has 0 spiro atoms. The molecule has 3 atom stereocenters. The Balaban J connectivity index is 2.22.